The number of hydrogen-bond donors (Lipinski definition) is 3. The molecule has 3 N–H and O–H groups in total. The van der Waals surface area contributed by atoms with E-state index in [0.29, 0.717) is 18.1 Å². The SMILES string of the molecule is CCCC(=O)Nc1ccc(CN=C(NCC)NCCc2ccc(Cl)nc2)cc1.I. The maximum atomic E-state index is 11.6. The van der Waals surface area contributed by atoms with Crippen molar-refractivity contribution in [3.8, 4) is 0 Å². The van der Waals surface area contributed by atoms with Crippen LogP contribution in [0.25, 0.3) is 0 Å². The van der Waals surface area contributed by atoms with Gasteiger partial charge in [-0.2, -0.15) is 0 Å². The van der Waals surface area contributed by atoms with Crippen LogP contribution in [0, 0.1) is 0 Å². The minimum Gasteiger partial charge on any atom is -0.357 e. The van der Waals surface area contributed by atoms with Crippen LogP contribution in [0.1, 0.15) is 37.8 Å². The summed E-state index contributed by atoms with van der Waals surface area (Å²) in [4.78, 5) is 20.4. The average Bonchev–Trinajstić information content (AvgIpc) is 2.69. The molecule has 0 unspecified atom stereocenters. The van der Waals surface area contributed by atoms with Crippen LogP contribution < -0.4 is 16.0 Å². The van der Waals surface area contributed by atoms with E-state index >= 15 is 0 Å². The zero-order valence-electron chi connectivity index (χ0n) is 16.9. The third-order valence-electron chi connectivity index (χ3n) is 3.97. The van der Waals surface area contributed by atoms with Crippen LogP contribution in [0.2, 0.25) is 5.15 Å². The van der Waals surface area contributed by atoms with Crippen molar-refractivity contribution in [3.05, 3.63) is 58.9 Å². The molecule has 0 aliphatic heterocycles. The molecule has 0 atom stereocenters. The lowest BCUT2D eigenvalue weighted by molar-refractivity contribution is -0.116. The van der Waals surface area contributed by atoms with E-state index in [4.69, 9.17) is 11.6 Å². The number of pyridine rings is 1. The number of carbonyl (C=O) groups excluding carboxylic acids is 1. The Bertz CT molecular complexity index is 766. The number of hydrogen-bond acceptors (Lipinski definition) is 3. The number of nitrogens with zero attached hydrogens (tertiary/aromatic N) is 2. The molecule has 1 aromatic carbocycles. The van der Waals surface area contributed by atoms with Crippen molar-refractivity contribution in [2.45, 2.75) is 39.7 Å². The first-order valence-electron chi connectivity index (χ1n) is 9.62. The summed E-state index contributed by atoms with van der Waals surface area (Å²) in [5.41, 5.74) is 3.01. The van der Waals surface area contributed by atoms with Crippen molar-refractivity contribution in [3.63, 3.8) is 0 Å². The molecule has 0 bridgehead atoms. The van der Waals surface area contributed by atoms with Crippen LogP contribution in [-0.4, -0.2) is 29.9 Å². The highest BCUT2D eigenvalue weighted by atomic mass is 127. The van der Waals surface area contributed by atoms with E-state index in [1.165, 1.54) is 0 Å². The summed E-state index contributed by atoms with van der Waals surface area (Å²) in [6, 6.07) is 11.5. The standard InChI is InChI=1S/C21H28ClN5O.HI/c1-3-5-20(28)27-18-9-6-16(7-10-18)15-26-21(23-4-2)24-13-12-17-8-11-19(22)25-14-17;/h6-11,14H,3-5,12-13,15H2,1-2H3,(H,27,28)(H2,23,24,26);1H. The second-order valence-electron chi connectivity index (χ2n) is 6.36. The summed E-state index contributed by atoms with van der Waals surface area (Å²) in [6.07, 6.45) is 4.00. The van der Waals surface area contributed by atoms with E-state index in [9.17, 15) is 4.79 Å². The smallest absolute Gasteiger partial charge is 0.224 e. The minimum absolute atomic E-state index is 0. The molecule has 6 nitrogen and oxygen atoms in total. The molecule has 0 fully saturated rings. The lowest BCUT2D eigenvalue weighted by Gasteiger charge is -2.11. The van der Waals surface area contributed by atoms with E-state index in [0.717, 1.165) is 48.7 Å². The highest BCUT2D eigenvalue weighted by Gasteiger charge is 2.02. The minimum atomic E-state index is 0. The topological polar surface area (TPSA) is 78.4 Å². The van der Waals surface area contributed by atoms with Crippen molar-refractivity contribution in [1.29, 1.82) is 0 Å². The van der Waals surface area contributed by atoms with E-state index in [-0.39, 0.29) is 29.9 Å². The fourth-order valence-corrected chi connectivity index (χ4v) is 2.65. The molecule has 158 valence electrons. The number of carbonyl (C=O) groups is 1. The predicted octanol–water partition coefficient (Wildman–Crippen LogP) is 4.39. The number of halogens is 2. The monoisotopic (exact) mass is 529 g/mol. The Balaban J connectivity index is 0.00000420. The molecule has 29 heavy (non-hydrogen) atoms. The van der Waals surface area contributed by atoms with E-state index < -0.39 is 0 Å². The van der Waals surface area contributed by atoms with Gasteiger partial charge in [0.05, 0.1) is 6.54 Å². The third-order valence-corrected chi connectivity index (χ3v) is 4.20. The maximum absolute atomic E-state index is 11.6. The summed E-state index contributed by atoms with van der Waals surface area (Å²) >= 11 is 5.81. The highest BCUT2D eigenvalue weighted by Crippen LogP contribution is 2.11. The fraction of sp³-hybridized carbons (Fsp3) is 0.381. The molecule has 0 radical (unpaired) electrons. The van der Waals surface area contributed by atoms with Gasteiger partial charge < -0.3 is 16.0 Å². The van der Waals surface area contributed by atoms with Gasteiger partial charge in [-0.05, 0) is 49.1 Å². The van der Waals surface area contributed by atoms with Gasteiger partial charge in [0.15, 0.2) is 5.96 Å². The van der Waals surface area contributed by atoms with Crippen LogP contribution in [-0.2, 0) is 17.8 Å². The Morgan fingerprint density at radius 2 is 1.79 bits per heavy atom. The van der Waals surface area contributed by atoms with Crippen LogP contribution in [0.3, 0.4) is 0 Å². The van der Waals surface area contributed by atoms with Gasteiger partial charge in [0.1, 0.15) is 5.15 Å². The average molecular weight is 530 g/mol. The van der Waals surface area contributed by atoms with Gasteiger partial charge in [-0.3, -0.25) is 4.79 Å². The third kappa shape index (κ3) is 9.94. The molecule has 1 aromatic heterocycles. The lowest BCUT2D eigenvalue weighted by atomic mass is 10.2. The van der Waals surface area contributed by atoms with Crippen molar-refractivity contribution in [1.82, 2.24) is 15.6 Å². The van der Waals surface area contributed by atoms with Crippen molar-refractivity contribution in [2.75, 3.05) is 18.4 Å². The zero-order chi connectivity index (χ0) is 20.2. The number of nitrogens with one attached hydrogen (secondary N) is 3. The van der Waals surface area contributed by atoms with Crippen molar-refractivity contribution < 1.29 is 4.79 Å². The Morgan fingerprint density at radius 3 is 2.41 bits per heavy atom. The van der Waals surface area contributed by atoms with Crippen LogP contribution >= 0.6 is 35.6 Å². The van der Waals surface area contributed by atoms with Crippen LogP contribution in [0.5, 0.6) is 0 Å². The Labute approximate surface area is 195 Å². The molecule has 0 aliphatic rings. The molecular formula is C21H29ClIN5O. The molecule has 1 amide bonds. The lowest BCUT2D eigenvalue weighted by Crippen LogP contribution is -2.38. The first-order chi connectivity index (χ1) is 13.6. The molecule has 1 heterocycles. The van der Waals surface area contributed by atoms with Gasteiger partial charge in [0, 0.05) is 31.4 Å². The molecule has 0 saturated heterocycles. The van der Waals surface area contributed by atoms with Gasteiger partial charge in [-0.25, -0.2) is 9.98 Å². The van der Waals surface area contributed by atoms with Crippen LogP contribution in [0.15, 0.2) is 47.6 Å². The van der Waals surface area contributed by atoms with Gasteiger partial charge in [0.2, 0.25) is 5.91 Å². The summed E-state index contributed by atoms with van der Waals surface area (Å²) in [6.45, 7) is 6.12. The molecular weight excluding hydrogens is 501 g/mol. The van der Waals surface area contributed by atoms with E-state index in [1.807, 2.05) is 44.2 Å². The number of amides is 1. The fourth-order valence-electron chi connectivity index (χ4n) is 2.54. The normalized spacial score (nSPS) is 10.8. The Hall–Kier alpha value is -1.87. The Morgan fingerprint density at radius 1 is 1.07 bits per heavy atom. The molecule has 2 aromatic rings. The number of rotatable bonds is 9. The number of benzene rings is 1. The molecule has 0 saturated carbocycles. The largest absolute Gasteiger partial charge is 0.357 e. The summed E-state index contributed by atoms with van der Waals surface area (Å²) < 4.78 is 0. The molecule has 0 aliphatic carbocycles. The van der Waals surface area contributed by atoms with Gasteiger partial charge >= 0.3 is 0 Å². The summed E-state index contributed by atoms with van der Waals surface area (Å²) in [7, 11) is 0. The first-order valence-corrected chi connectivity index (χ1v) is 10.00. The zero-order valence-corrected chi connectivity index (χ0v) is 20.0. The molecule has 2 rings (SSSR count). The number of aromatic nitrogens is 1. The second-order valence-corrected chi connectivity index (χ2v) is 6.74. The maximum Gasteiger partial charge on any atom is 0.224 e. The van der Waals surface area contributed by atoms with E-state index in [1.54, 1.807) is 12.3 Å². The predicted molar refractivity (Wildman–Crippen MR) is 131 cm³/mol. The Kier molecular flexibility index (Phi) is 12.3. The van der Waals surface area contributed by atoms with Gasteiger partial charge in [-0.15, -0.1) is 24.0 Å². The highest BCUT2D eigenvalue weighted by molar-refractivity contribution is 14.0. The molecule has 0 spiro atoms. The van der Waals surface area contributed by atoms with E-state index in [2.05, 4.69) is 25.9 Å². The quantitative estimate of drug-likeness (QED) is 0.195. The first kappa shape index (κ1) is 25.2. The van der Waals surface area contributed by atoms with Gasteiger partial charge in [0.25, 0.3) is 0 Å². The van der Waals surface area contributed by atoms with Crippen LogP contribution in [0.4, 0.5) is 5.69 Å². The summed E-state index contributed by atoms with van der Waals surface area (Å²) in [5, 5.41) is 9.96. The van der Waals surface area contributed by atoms with Gasteiger partial charge in [-0.1, -0.05) is 36.7 Å². The second kappa shape index (κ2) is 14.2. The number of guanidine groups is 1. The summed E-state index contributed by atoms with van der Waals surface area (Å²) in [5.74, 6) is 0.813. The number of aliphatic imine (C=N–C) groups is 1. The van der Waals surface area contributed by atoms with Crippen molar-refractivity contribution >= 4 is 53.1 Å². The molecule has 8 heteroatoms. The number of anilines is 1. The van der Waals surface area contributed by atoms with Crippen molar-refractivity contribution in [2.24, 2.45) is 4.99 Å².